The van der Waals surface area contributed by atoms with Crippen LogP contribution in [0.1, 0.15) is 18.1 Å². The van der Waals surface area contributed by atoms with Crippen molar-refractivity contribution in [3.8, 4) is 11.5 Å². The summed E-state index contributed by atoms with van der Waals surface area (Å²) in [6.07, 6.45) is 1.77. The van der Waals surface area contributed by atoms with Gasteiger partial charge in [-0.3, -0.25) is 0 Å². The van der Waals surface area contributed by atoms with Crippen molar-refractivity contribution >= 4 is 28.1 Å². The van der Waals surface area contributed by atoms with Crippen LogP contribution in [0.5, 0.6) is 11.5 Å². The Bertz CT molecular complexity index is 795. The highest BCUT2D eigenvalue weighted by Crippen LogP contribution is 2.37. The highest BCUT2D eigenvalue weighted by Gasteiger charge is 2.13. The van der Waals surface area contributed by atoms with Crippen LogP contribution >= 0.6 is 22.9 Å². The van der Waals surface area contributed by atoms with Gasteiger partial charge in [0.05, 0.1) is 11.6 Å². The second-order valence-electron chi connectivity index (χ2n) is 5.30. The first kappa shape index (κ1) is 17.6. The summed E-state index contributed by atoms with van der Waals surface area (Å²) in [7, 11) is 0. The van der Waals surface area contributed by atoms with Crippen LogP contribution in [0.3, 0.4) is 0 Å². The normalized spacial score (nSPS) is 10.5. The maximum atomic E-state index is 6.45. The molecule has 4 nitrogen and oxygen atoms in total. The van der Waals surface area contributed by atoms with E-state index in [2.05, 4.69) is 10.3 Å². The maximum Gasteiger partial charge on any atom is 0.182 e. The number of nitrogens with one attached hydrogen (secondary N) is 1. The smallest absolute Gasteiger partial charge is 0.182 e. The van der Waals surface area contributed by atoms with Crippen molar-refractivity contribution in [2.24, 2.45) is 0 Å². The predicted octanol–water partition coefficient (Wildman–Crippen LogP) is 5.39. The molecule has 1 aromatic heterocycles. The molecule has 0 amide bonds. The highest BCUT2D eigenvalue weighted by molar-refractivity contribution is 7.13. The van der Waals surface area contributed by atoms with E-state index in [9.17, 15) is 0 Å². The van der Waals surface area contributed by atoms with E-state index in [-0.39, 0.29) is 0 Å². The van der Waals surface area contributed by atoms with Gasteiger partial charge in [-0.15, -0.1) is 11.3 Å². The van der Waals surface area contributed by atoms with Crippen LogP contribution < -0.4 is 14.8 Å². The van der Waals surface area contributed by atoms with E-state index in [1.807, 2.05) is 54.8 Å². The third-order valence-electron chi connectivity index (χ3n) is 3.47. The van der Waals surface area contributed by atoms with E-state index in [0.717, 1.165) is 16.3 Å². The fraction of sp³-hybridized carbons (Fsp3) is 0.211. The third-order valence-corrected chi connectivity index (χ3v) is 4.48. The Morgan fingerprint density at radius 3 is 2.68 bits per heavy atom. The van der Waals surface area contributed by atoms with Gasteiger partial charge >= 0.3 is 0 Å². The average molecular weight is 375 g/mol. The van der Waals surface area contributed by atoms with E-state index < -0.39 is 0 Å². The number of halogens is 1. The molecule has 0 unspecified atom stereocenters. The molecular formula is C19H19ClN2O2S. The fourth-order valence-electron chi connectivity index (χ4n) is 2.34. The van der Waals surface area contributed by atoms with E-state index in [0.29, 0.717) is 36.3 Å². The van der Waals surface area contributed by atoms with Gasteiger partial charge in [0.15, 0.2) is 16.6 Å². The molecule has 3 rings (SSSR count). The number of nitrogens with zero attached hydrogens (tertiary/aromatic N) is 1. The summed E-state index contributed by atoms with van der Waals surface area (Å²) in [5.74, 6) is 1.23. The zero-order valence-corrected chi connectivity index (χ0v) is 15.4. The van der Waals surface area contributed by atoms with Gasteiger partial charge in [0.25, 0.3) is 0 Å². The minimum absolute atomic E-state index is 0.442. The lowest BCUT2D eigenvalue weighted by molar-refractivity contribution is 0.269. The monoisotopic (exact) mass is 374 g/mol. The van der Waals surface area contributed by atoms with E-state index >= 15 is 0 Å². The lowest BCUT2D eigenvalue weighted by atomic mass is 10.2. The number of benzene rings is 2. The summed E-state index contributed by atoms with van der Waals surface area (Å²) >= 11 is 8.01. The van der Waals surface area contributed by atoms with E-state index in [1.165, 1.54) is 0 Å². The molecule has 0 aliphatic rings. The average Bonchev–Trinajstić information content (AvgIpc) is 3.14. The van der Waals surface area contributed by atoms with Gasteiger partial charge in [0, 0.05) is 18.1 Å². The number of hydrogen-bond donors (Lipinski definition) is 1. The van der Waals surface area contributed by atoms with Crippen LogP contribution in [0.2, 0.25) is 5.02 Å². The van der Waals surface area contributed by atoms with Crippen molar-refractivity contribution < 1.29 is 9.47 Å². The number of rotatable bonds is 8. The molecule has 1 heterocycles. The Hall–Kier alpha value is -2.24. The number of thiazole rings is 1. The minimum atomic E-state index is 0.442. The largest absolute Gasteiger partial charge is 0.490 e. The van der Waals surface area contributed by atoms with Crippen LogP contribution in [0.25, 0.3) is 0 Å². The molecule has 0 bridgehead atoms. The van der Waals surface area contributed by atoms with Crippen LogP contribution in [-0.2, 0) is 13.2 Å². The van der Waals surface area contributed by atoms with Gasteiger partial charge in [-0.2, -0.15) is 0 Å². The summed E-state index contributed by atoms with van der Waals surface area (Å²) < 4.78 is 11.7. The predicted molar refractivity (Wildman–Crippen MR) is 103 cm³/mol. The Labute approximate surface area is 156 Å². The van der Waals surface area contributed by atoms with Gasteiger partial charge in [-0.1, -0.05) is 41.9 Å². The summed E-state index contributed by atoms with van der Waals surface area (Å²) in [5, 5.41) is 6.61. The Kier molecular flexibility index (Phi) is 6.14. The number of hydrogen-bond acceptors (Lipinski definition) is 5. The Morgan fingerprint density at radius 1 is 1.12 bits per heavy atom. The highest BCUT2D eigenvalue weighted by atomic mass is 35.5. The SMILES string of the molecule is CCOc1cc(CNc2nccs2)cc(Cl)c1OCc1ccccc1. The minimum Gasteiger partial charge on any atom is -0.490 e. The Balaban J connectivity index is 1.74. The first-order valence-corrected chi connectivity index (χ1v) is 9.27. The second kappa shape index (κ2) is 8.74. The molecular weight excluding hydrogens is 356 g/mol. The van der Waals surface area contributed by atoms with Crippen LogP contribution in [0.4, 0.5) is 5.13 Å². The molecule has 25 heavy (non-hydrogen) atoms. The molecule has 0 aliphatic heterocycles. The number of aromatic nitrogens is 1. The first-order valence-electron chi connectivity index (χ1n) is 8.01. The van der Waals surface area contributed by atoms with Gasteiger partial charge in [-0.25, -0.2) is 4.98 Å². The first-order chi connectivity index (χ1) is 12.3. The number of anilines is 1. The van der Waals surface area contributed by atoms with Crippen LogP contribution in [0, 0.1) is 0 Å². The fourth-order valence-corrected chi connectivity index (χ4v) is 3.16. The van der Waals surface area contributed by atoms with Crippen molar-refractivity contribution in [1.29, 1.82) is 0 Å². The third kappa shape index (κ3) is 4.87. The molecule has 0 radical (unpaired) electrons. The molecule has 3 aromatic rings. The summed E-state index contributed by atoms with van der Waals surface area (Å²) in [4.78, 5) is 4.21. The zero-order chi connectivity index (χ0) is 17.5. The molecule has 0 saturated carbocycles. The molecule has 1 N–H and O–H groups in total. The van der Waals surface area contributed by atoms with Crippen molar-refractivity contribution in [3.63, 3.8) is 0 Å². The molecule has 0 spiro atoms. The molecule has 0 atom stereocenters. The molecule has 130 valence electrons. The number of ether oxygens (including phenoxy) is 2. The van der Waals surface area contributed by atoms with Crippen LogP contribution in [-0.4, -0.2) is 11.6 Å². The summed E-state index contributed by atoms with van der Waals surface area (Å²) in [5.41, 5.74) is 2.09. The summed E-state index contributed by atoms with van der Waals surface area (Å²) in [6.45, 7) is 3.54. The van der Waals surface area contributed by atoms with Gasteiger partial charge < -0.3 is 14.8 Å². The molecule has 0 aliphatic carbocycles. The topological polar surface area (TPSA) is 43.4 Å². The van der Waals surface area contributed by atoms with Crippen LogP contribution in [0.15, 0.2) is 54.0 Å². The van der Waals surface area contributed by atoms with Crippen molar-refractivity contribution in [3.05, 3.63) is 70.2 Å². The van der Waals surface area contributed by atoms with Crippen molar-refractivity contribution in [2.75, 3.05) is 11.9 Å². The quantitative estimate of drug-likeness (QED) is 0.574. The lowest BCUT2D eigenvalue weighted by Crippen LogP contribution is -2.03. The molecule has 0 saturated heterocycles. The van der Waals surface area contributed by atoms with Gasteiger partial charge in [0.1, 0.15) is 6.61 Å². The second-order valence-corrected chi connectivity index (χ2v) is 6.60. The molecule has 6 heteroatoms. The standard InChI is InChI=1S/C19H19ClN2O2S/c1-2-23-17-11-15(12-22-19-21-8-9-25-19)10-16(20)18(17)24-13-14-6-4-3-5-7-14/h3-11H,2,12-13H2,1H3,(H,21,22). The maximum absolute atomic E-state index is 6.45. The Morgan fingerprint density at radius 2 is 1.96 bits per heavy atom. The summed E-state index contributed by atoms with van der Waals surface area (Å²) in [6, 6.07) is 13.8. The molecule has 0 fully saturated rings. The van der Waals surface area contributed by atoms with Crippen molar-refractivity contribution in [2.45, 2.75) is 20.1 Å². The van der Waals surface area contributed by atoms with Gasteiger partial charge in [0.2, 0.25) is 0 Å². The van der Waals surface area contributed by atoms with E-state index in [1.54, 1.807) is 17.5 Å². The zero-order valence-electron chi connectivity index (χ0n) is 13.9. The molecule has 2 aromatic carbocycles. The van der Waals surface area contributed by atoms with E-state index in [4.69, 9.17) is 21.1 Å². The lowest BCUT2D eigenvalue weighted by Gasteiger charge is -2.15. The van der Waals surface area contributed by atoms with Crippen molar-refractivity contribution in [1.82, 2.24) is 4.98 Å². The van der Waals surface area contributed by atoms with Gasteiger partial charge in [-0.05, 0) is 30.2 Å².